The van der Waals surface area contributed by atoms with E-state index in [-0.39, 0.29) is 5.41 Å². The van der Waals surface area contributed by atoms with Crippen molar-refractivity contribution in [2.24, 2.45) is 0 Å². The molecule has 0 unspecified atom stereocenters. The molecule has 0 saturated carbocycles. The van der Waals surface area contributed by atoms with Crippen LogP contribution in [0.5, 0.6) is 0 Å². The van der Waals surface area contributed by atoms with Crippen molar-refractivity contribution in [3.8, 4) is 0 Å². The van der Waals surface area contributed by atoms with Crippen molar-refractivity contribution in [3.05, 3.63) is 41.7 Å². The predicted molar refractivity (Wildman–Crippen MR) is 62.1 cm³/mol. The lowest BCUT2D eigenvalue weighted by molar-refractivity contribution is 0.528. The lowest BCUT2D eigenvalue weighted by Crippen LogP contribution is -2.14. The van der Waals surface area contributed by atoms with Crippen LogP contribution >= 0.6 is 0 Å². The average Bonchev–Trinajstić information content (AvgIpc) is 2.67. The lowest BCUT2D eigenvalue weighted by Gasteiger charge is -2.11. The quantitative estimate of drug-likeness (QED) is 0.771. The molecule has 4 heteroatoms. The number of hydrogen-bond acceptors (Lipinski definition) is 3. The monoisotopic (exact) mass is 216 g/mol. The molecule has 2 rings (SSSR count). The van der Waals surface area contributed by atoms with Gasteiger partial charge >= 0.3 is 0 Å². The molecule has 1 aromatic heterocycles. The number of hydrogen-bond donors (Lipinski definition) is 0. The summed E-state index contributed by atoms with van der Waals surface area (Å²) >= 11 is 0. The van der Waals surface area contributed by atoms with Crippen LogP contribution in [-0.2, 0) is 12.0 Å². The van der Waals surface area contributed by atoms with Crippen LogP contribution in [-0.4, -0.2) is 20.2 Å². The summed E-state index contributed by atoms with van der Waals surface area (Å²) in [4.78, 5) is 1.63. The fourth-order valence-electron chi connectivity index (χ4n) is 1.36. The minimum atomic E-state index is -0.0467. The van der Waals surface area contributed by atoms with Crippen LogP contribution in [0.25, 0.3) is 0 Å². The van der Waals surface area contributed by atoms with Crippen LogP contribution in [0.3, 0.4) is 0 Å². The van der Waals surface area contributed by atoms with Crippen LogP contribution in [0.1, 0.15) is 32.2 Å². The molecule has 0 saturated heterocycles. The Morgan fingerprint density at radius 2 is 1.81 bits per heavy atom. The van der Waals surface area contributed by atoms with Gasteiger partial charge in [-0.05, 0) is 10.8 Å². The largest absolute Gasteiger partial charge is 0.180 e. The van der Waals surface area contributed by atoms with E-state index in [0.717, 1.165) is 5.82 Å². The highest BCUT2D eigenvalue weighted by atomic mass is 15.6. The normalized spacial score (nSPS) is 11.7. The van der Waals surface area contributed by atoms with Crippen LogP contribution in [0.15, 0.2) is 30.3 Å². The predicted octanol–water partition coefficient (Wildman–Crippen LogP) is 2.02. The summed E-state index contributed by atoms with van der Waals surface area (Å²) in [6, 6.07) is 10.1. The maximum absolute atomic E-state index is 4.37. The molecule has 1 heterocycles. The number of tetrazole rings is 1. The van der Waals surface area contributed by atoms with Crippen LogP contribution < -0.4 is 0 Å². The Hall–Kier alpha value is -1.71. The van der Waals surface area contributed by atoms with E-state index in [4.69, 9.17) is 0 Å². The number of rotatable bonds is 2. The summed E-state index contributed by atoms with van der Waals surface area (Å²) in [5.41, 5.74) is 1.13. The minimum absolute atomic E-state index is 0.0467. The van der Waals surface area contributed by atoms with E-state index in [0.29, 0.717) is 6.54 Å². The Morgan fingerprint density at radius 1 is 1.12 bits per heavy atom. The Bertz CT molecular complexity index is 453. The van der Waals surface area contributed by atoms with E-state index >= 15 is 0 Å². The summed E-state index contributed by atoms with van der Waals surface area (Å²) in [6.45, 7) is 6.91. The van der Waals surface area contributed by atoms with E-state index in [9.17, 15) is 0 Å². The number of benzene rings is 1. The van der Waals surface area contributed by atoms with Crippen LogP contribution in [0.2, 0.25) is 0 Å². The van der Waals surface area contributed by atoms with Crippen LogP contribution in [0, 0.1) is 0 Å². The third-order valence-corrected chi connectivity index (χ3v) is 2.29. The summed E-state index contributed by atoms with van der Waals surface area (Å²) in [6.07, 6.45) is 0. The zero-order valence-electron chi connectivity index (χ0n) is 9.88. The second kappa shape index (κ2) is 4.04. The molecule has 0 aliphatic rings. The summed E-state index contributed by atoms with van der Waals surface area (Å²) in [7, 11) is 0. The molecule has 0 radical (unpaired) electrons. The van der Waals surface area contributed by atoms with E-state index in [1.807, 2.05) is 18.2 Å². The molecule has 0 spiro atoms. The van der Waals surface area contributed by atoms with Crippen molar-refractivity contribution in [2.45, 2.75) is 32.7 Å². The molecule has 2 aromatic rings. The van der Waals surface area contributed by atoms with Gasteiger partial charge in [0.25, 0.3) is 0 Å². The molecule has 0 aliphatic heterocycles. The van der Waals surface area contributed by atoms with E-state index in [1.54, 1.807) is 4.80 Å². The van der Waals surface area contributed by atoms with Gasteiger partial charge in [0, 0.05) is 5.41 Å². The van der Waals surface area contributed by atoms with Gasteiger partial charge in [-0.25, -0.2) is 0 Å². The molecule has 0 amide bonds. The van der Waals surface area contributed by atoms with Crippen molar-refractivity contribution < 1.29 is 0 Å². The van der Waals surface area contributed by atoms with E-state index in [1.165, 1.54) is 5.56 Å². The minimum Gasteiger partial charge on any atom is -0.160 e. The van der Waals surface area contributed by atoms with Gasteiger partial charge in [-0.3, -0.25) is 0 Å². The molecule has 0 atom stereocenters. The molecular formula is C12H16N4. The Labute approximate surface area is 95.3 Å². The maximum atomic E-state index is 4.37. The highest BCUT2D eigenvalue weighted by Gasteiger charge is 2.19. The van der Waals surface area contributed by atoms with Gasteiger partial charge in [0.1, 0.15) is 0 Å². The first kappa shape index (κ1) is 10.8. The highest BCUT2D eigenvalue weighted by molar-refractivity contribution is 5.14. The third kappa shape index (κ3) is 2.45. The van der Waals surface area contributed by atoms with Crippen molar-refractivity contribution >= 4 is 0 Å². The maximum Gasteiger partial charge on any atom is 0.180 e. The number of nitrogens with zero attached hydrogens (tertiary/aromatic N) is 4. The van der Waals surface area contributed by atoms with Crippen molar-refractivity contribution in [3.63, 3.8) is 0 Å². The first-order chi connectivity index (χ1) is 7.55. The Kier molecular flexibility index (Phi) is 2.73. The fourth-order valence-corrected chi connectivity index (χ4v) is 1.36. The van der Waals surface area contributed by atoms with Gasteiger partial charge in [-0.1, -0.05) is 51.1 Å². The fraction of sp³-hybridized carbons (Fsp3) is 0.417. The second-order valence-corrected chi connectivity index (χ2v) is 4.88. The second-order valence-electron chi connectivity index (χ2n) is 4.88. The smallest absolute Gasteiger partial charge is 0.160 e. The first-order valence-corrected chi connectivity index (χ1v) is 5.38. The molecule has 0 fully saturated rings. The van der Waals surface area contributed by atoms with Crippen molar-refractivity contribution in [1.29, 1.82) is 0 Å². The Morgan fingerprint density at radius 3 is 2.38 bits per heavy atom. The zero-order chi connectivity index (χ0) is 11.6. The molecule has 0 aliphatic carbocycles. The molecular weight excluding hydrogens is 200 g/mol. The van der Waals surface area contributed by atoms with Crippen molar-refractivity contribution in [1.82, 2.24) is 20.2 Å². The standard InChI is InChI=1S/C12H16N4/c1-12(2,3)11-13-15-16(14-11)9-10-7-5-4-6-8-10/h4-8H,9H2,1-3H3. The summed E-state index contributed by atoms with van der Waals surface area (Å²) in [5.74, 6) is 0.781. The average molecular weight is 216 g/mol. The van der Waals surface area contributed by atoms with Gasteiger partial charge in [0.15, 0.2) is 5.82 Å². The SMILES string of the molecule is CC(C)(C)c1nnn(Cc2ccccc2)n1. The van der Waals surface area contributed by atoms with E-state index < -0.39 is 0 Å². The number of aromatic nitrogens is 4. The van der Waals surface area contributed by atoms with Gasteiger partial charge < -0.3 is 0 Å². The Balaban J connectivity index is 2.15. The molecule has 0 bridgehead atoms. The van der Waals surface area contributed by atoms with Gasteiger partial charge in [-0.15, -0.1) is 10.2 Å². The molecule has 84 valence electrons. The lowest BCUT2D eigenvalue weighted by atomic mass is 9.96. The highest BCUT2D eigenvalue weighted by Crippen LogP contribution is 2.16. The molecule has 4 nitrogen and oxygen atoms in total. The third-order valence-electron chi connectivity index (χ3n) is 2.29. The van der Waals surface area contributed by atoms with Gasteiger partial charge in [0.2, 0.25) is 0 Å². The molecule has 1 aromatic carbocycles. The zero-order valence-corrected chi connectivity index (χ0v) is 9.88. The summed E-state index contributed by atoms with van der Waals surface area (Å²) < 4.78 is 0. The molecule has 16 heavy (non-hydrogen) atoms. The topological polar surface area (TPSA) is 43.6 Å². The summed E-state index contributed by atoms with van der Waals surface area (Å²) in [5, 5.41) is 12.5. The van der Waals surface area contributed by atoms with E-state index in [2.05, 4.69) is 48.3 Å². The first-order valence-electron chi connectivity index (χ1n) is 5.38. The van der Waals surface area contributed by atoms with Gasteiger partial charge in [-0.2, -0.15) is 4.80 Å². The molecule has 0 N–H and O–H groups in total. The van der Waals surface area contributed by atoms with Crippen molar-refractivity contribution in [2.75, 3.05) is 0 Å². The van der Waals surface area contributed by atoms with Gasteiger partial charge in [0.05, 0.1) is 6.54 Å². The van der Waals surface area contributed by atoms with Crippen LogP contribution in [0.4, 0.5) is 0 Å².